The fourth-order valence-electron chi connectivity index (χ4n) is 2.21. The summed E-state index contributed by atoms with van der Waals surface area (Å²) in [5.41, 5.74) is 0.268. The van der Waals surface area contributed by atoms with Crippen molar-refractivity contribution in [1.82, 2.24) is 25.5 Å². The van der Waals surface area contributed by atoms with Crippen LogP contribution in [0.25, 0.3) is 5.69 Å². The SMILES string of the molecule is O=C(NCC1(O)CCC1)c1ccc(-n2cnnn2)cc1Cl. The Balaban J connectivity index is 1.71. The minimum absolute atomic E-state index is 0.247. The molecule has 0 atom stereocenters. The molecule has 0 unspecified atom stereocenters. The lowest BCUT2D eigenvalue weighted by molar-refractivity contribution is -0.0300. The van der Waals surface area contributed by atoms with Crippen molar-refractivity contribution in [3.05, 3.63) is 35.1 Å². The third-order valence-electron chi connectivity index (χ3n) is 3.67. The van der Waals surface area contributed by atoms with E-state index in [-0.39, 0.29) is 12.5 Å². The molecule has 110 valence electrons. The van der Waals surface area contributed by atoms with Crippen molar-refractivity contribution in [2.24, 2.45) is 0 Å². The Morgan fingerprint density at radius 3 is 2.86 bits per heavy atom. The molecule has 2 aromatic rings. The maximum atomic E-state index is 12.1. The van der Waals surface area contributed by atoms with Crippen LogP contribution in [0.5, 0.6) is 0 Å². The normalized spacial score (nSPS) is 16.3. The summed E-state index contributed by atoms with van der Waals surface area (Å²) in [6, 6.07) is 4.93. The lowest BCUT2D eigenvalue weighted by atomic mass is 9.80. The molecule has 1 heterocycles. The van der Waals surface area contributed by atoms with E-state index in [4.69, 9.17) is 11.6 Å². The van der Waals surface area contributed by atoms with Gasteiger partial charge in [0.25, 0.3) is 5.91 Å². The highest BCUT2D eigenvalue weighted by Gasteiger charge is 2.34. The zero-order chi connectivity index (χ0) is 14.9. The second kappa shape index (κ2) is 5.42. The van der Waals surface area contributed by atoms with Crippen molar-refractivity contribution >= 4 is 17.5 Å². The first-order valence-corrected chi connectivity index (χ1v) is 6.99. The number of benzene rings is 1. The van der Waals surface area contributed by atoms with E-state index in [2.05, 4.69) is 20.8 Å². The van der Waals surface area contributed by atoms with Crippen LogP contribution in [0.3, 0.4) is 0 Å². The maximum absolute atomic E-state index is 12.1. The first-order valence-electron chi connectivity index (χ1n) is 6.61. The fraction of sp³-hybridized carbons (Fsp3) is 0.385. The zero-order valence-electron chi connectivity index (χ0n) is 11.2. The number of carbonyl (C=O) groups is 1. The van der Waals surface area contributed by atoms with Crippen LogP contribution in [-0.4, -0.2) is 43.4 Å². The van der Waals surface area contributed by atoms with Gasteiger partial charge in [-0.2, -0.15) is 0 Å². The van der Waals surface area contributed by atoms with E-state index in [9.17, 15) is 9.90 Å². The quantitative estimate of drug-likeness (QED) is 0.877. The Kier molecular flexibility index (Phi) is 3.60. The molecule has 1 aliphatic rings. The van der Waals surface area contributed by atoms with Crippen molar-refractivity contribution in [3.8, 4) is 5.69 Å². The number of aromatic nitrogens is 4. The van der Waals surface area contributed by atoms with Gasteiger partial charge in [-0.05, 0) is 47.9 Å². The summed E-state index contributed by atoms with van der Waals surface area (Å²) < 4.78 is 1.45. The molecule has 2 N–H and O–H groups in total. The van der Waals surface area contributed by atoms with Gasteiger partial charge in [-0.25, -0.2) is 4.68 Å². The molecule has 1 fully saturated rings. The number of tetrazole rings is 1. The highest BCUT2D eigenvalue weighted by Crippen LogP contribution is 2.30. The Labute approximate surface area is 125 Å². The highest BCUT2D eigenvalue weighted by atomic mass is 35.5. The predicted molar refractivity (Wildman–Crippen MR) is 75.3 cm³/mol. The Morgan fingerprint density at radius 1 is 1.48 bits per heavy atom. The van der Waals surface area contributed by atoms with Crippen molar-refractivity contribution < 1.29 is 9.90 Å². The van der Waals surface area contributed by atoms with Crippen LogP contribution in [0, 0.1) is 0 Å². The van der Waals surface area contributed by atoms with Crippen molar-refractivity contribution in [2.45, 2.75) is 24.9 Å². The molecule has 0 spiro atoms. The van der Waals surface area contributed by atoms with Crippen LogP contribution >= 0.6 is 11.6 Å². The summed E-state index contributed by atoms with van der Waals surface area (Å²) in [5, 5.41) is 23.8. The van der Waals surface area contributed by atoms with Gasteiger partial charge in [0.15, 0.2) is 0 Å². The van der Waals surface area contributed by atoms with Crippen molar-refractivity contribution in [2.75, 3.05) is 6.54 Å². The Bertz CT molecular complexity index is 655. The van der Waals surface area contributed by atoms with Crippen LogP contribution in [0.2, 0.25) is 5.02 Å². The van der Waals surface area contributed by atoms with Gasteiger partial charge in [-0.3, -0.25) is 4.79 Å². The Morgan fingerprint density at radius 2 is 2.29 bits per heavy atom. The molecule has 1 aliphatic carbocycles. The molecule has 3 rings (SSSR count). The molecule has 0 bridgehead atoms. The first-order chi connectivity index (χ1) is 10.1. The number of nitrogens with zero attached hydrogens (tertiary/aromatic N) is 4. The molecule has 0 saturated heterocycles. The number of halogens is 1. The lowest BCUT2D eigenvalue weighted by Gasteiger charge is -2.36. The second-order valence-electron chi connectivity index (χ2n) is 5.18. The third-order valence-corrected chi connectivity index (χ3v) is 3.99. The van der Waals surface area contributed by atoms with Gasteiger partial charge in [0.1, 0.15) is 6.33 Å². The van der Waals surface area contributed by atoms with E-state index in [1.165, 1.54) is 11.0 Å². The Hall–Kier alpha value is -1.99. The van der Waals surface area contributed by atoms with Crippen LogP contribution in [-0.2, 0) is 0 Å². The topological polar surface area (TPSA) is 92.9 Å². The lowest BCUT2D eigenvalue weighted by Crippen LogP contribution is -2.47. The minimum Gasteiger partial charge on any atom is -0.388 e. The third kappa shape index (κ3) is 2.88. The van der Waals surface area contributed by atoms with E-state index >= 15 is 0 Å². The molecule has 0 radical (unpaired) electrons. The van der Waals surface area contributed by atoms with Gasteiger partial charge in [-0.1, -0.05) is 11.6 Å². The van der Waals surface area contributed by atoms with Gasteiger partial charge in [0, 0.05) is 6.54 Å². The summed E-state index contributed by atoms with van der Waals surface area (Å²) in [4.78, 5) is 12.1. The summed E-state index contributed by atoms with van der Waals surface area (Å²) in [7, 11) is 0. The molecule has 1 amide bonds. The van der Waals surface area contributed by atoms with Crippen LogP contribution in [0.4, 0.5) is 0 Å². The monoisotopic (exact) mass is 307 g/mol. The summed E-state index contributed by atoms with van der Waals surface area (Å²) >= 11 is 6.13. The minimum atomic E-state index is -0.755. The number of hydrogen-bond donors (Lipinski definition) is 2. The van der Waals surface area contributed by atoms with E-state index in [1.807, 2.05) is 0 Å². The number of aliphatic hydroxyl groups is 1. The van der Waals surface area contributed by atoms with Crippen molar-refractivity contribution in [1.29, 1.82) is 0 Å². The predicted octanol–water partition coefficient (Wildman–Crippen LogP) is 0.960. The smallest absolute Gasteiger partial charge is 0.252 e. The molecular weight excluding hydrogens is 294 g/mol. The average molecular weight is 308 g/mol. The summed E-state index contributed by atoms with van der Waals surface area (Å²) in [6.45, 7) is 0.247. The zero-order valence-corrected chi connectivity index (χ0v) is 11.9. The van der Waals surface area contributed by atoms with Gasteiger partial charge in [-0.15, -0.1) is 5.10 Å². The molecule has 1 aromatic heterocycles. The standard InChI is InChI=1S/C13H14ClN5O2/c14-11-6-9(19-8-16-17-18-19)2-3-10(11)12(20)15-7-13(21)4-1-5-13/h2-3,6,8,21H,1,4-5,7H2,(H,15,20). The molecular formula is C13H14ClN5O2. The van der Waals surface area contributed by atoms with Crippen molar-refractivity contribution in [3.63, 3.8) is 0 Å². The average Bonchev–Trinajstić information content (AvgIpc) is 2.96. The molecule has 21 heavy (non-hydrogen) atoms. The number of nitrogens with one attached hydrogen (secondary N) is 1. The first kappa shape index (κ1) is 14.0. The molecule has 7 nitrogen and oxygen atoms in total. The van der Waals surface area contributed by atoms with Crippen LogP contribution in [0.1, 0.15) is 29.6 Å². The number of carbonyl (C=O) groups excluding carboxylic acids is 1. The second-order valence-corrected chi connectivity index (χ2v) is 5.59. The van der Waals surface area contributed by atoms with E-state index in [1.54, 1.807) is 18.2 Å². The number of amides is 1. The van der Waals surface area contributed by atoms with Gasteiger partial charge < -0.3 is 10.4 Å². The number of rotatable bonds is 4. The van der Waals surface area contributed by atoms with E-state index < -0.39 is 5.60 Å². The van der Waals surface area contributed by atoms with Crippen LogP contribution < -0.4 is 5.32 Å². The van der Waals surface area contributed by atoms with E-state index in [0.717, 1.165) is 19.3 Å². The fourth-order valence-corrected chi connectivity index (χ4v) is 2.47. The molecule has 1 saturated carbocycles. The summed E-state index contributed by atoms with van der Waals surface area (Å²) in [5.74, 6) is -0.302. The molecule has 0 aliphatic heterocycles. The van der Waals surface area contributed by atoms with Gasteiger partial charge >= 0.3 is 0 Å². The van der Waals surface area contributed by atoms with Crippen LogP contribution in [0.15, 0.2) is 24.5 Å². The maximum Gasteiger partial charge on any atom is 0.252 e. The van der Waals surface area contributed by atoms with E-state index in [0.29, 0.717) is 16.3 Å². The van der Waals surface area contributed by atoms with Gasteiger partial charge in [0.2, 0.25) is 0 Å². The number of hydrogen-bond acceptors (Lipinski definition) is 5. The summed E-state index contributed by atoms with van der Waals surface area (Å²) in [6.07, 6.45) is 3.88. The van der Waals surface area contributed by atoms with Gasteiger partial charge in [0.05, 0.1) is 21.9 Å². The largest absolute Gasteiger partial charge is 0.388 e. The molecule has 1 aromatic carbocycles. The molecule has 8 heteroatoms. The highest BCUT2D eigenvalue weighted by molar-refractivity contribution is 6.34.